The summed E-state index contributed by atoms with van der Waals surface area (Å²) >= 11 is 17.3. The summed E-state index contributed by atoms with van der Waals surface area (Å²) in [5.74, 6) is 0.608. The van der Waals surface area contributed by atoms with Gasteiger partial charge in [-0.15, -0.1) is 11.3 Å². The molecule has 0 aliphatic rings. The minimum Gasteiger partial charge on any atom is -0.228 e. The third kappa shape index (κ3) is 2.14. The van der Waals surface area contributed by atoms with Crippen molar-refractivity contribution in [1.29, 1.82) is 0 Å². The molecule has 2 nitrogen and oxygen atoms in total. The zero-order valence-corrected chi connectivity index (χ0v) is 12.7. The van der Waals surface area contributed by atoms with Crippen molar-refractivity contribution in [3.63, 3.8) is 0 Å². The predicted molar refractivity (Wildman–Crippen MR) is 80.6 cm³/mol. The summed E-state index contributed by atoms with van der Waals surface area (Å²) in [6.07, 6.45) is 0. The fourth-order valence-electron chi connectivity index (χ4n) is 1.65. The highest BCUT2D eigenvalue weighted by atomic mass is 79.9. The fourth-order valence-corrected chi connectivity index (χ4v) is 3.38. The van der Waals surface area contributed by atoms with Gasteiger partial charge < -0.3 is 0 Å². The fraction of sp³-hybridized carbons (Fsp3) is 0. The summed E-state index contributed by atoms with van der Waals surface area (Å²) in [7, 11) is 0. The van der Waals surface area contributed by atoms with Crippen LogP contribution in [0.5, 0.6) is 0 Å². The molecule has 0 radical (unpaired) electrons. The standard InChI is InChI=1S/C12H5BrCl2N2S/c13-9-4-6(5-18-9)12-16-8-3-1-2-7(14)10(8)11(15)17-12/h1-5H. The van der Waals surface area contributed by atoms with Crippen molar-refractivity contribution in [2.24, 2.45) is 0 Å². The van der Waals surface area contributed by atoms with Crippen LogP contribution in [0.3, 0.4) is 0 Å². The SMILES string of the molecule is Clc1cccc2nc(-c3csc(Br)c3)nc(Cl)c12. The van der Waals surface area contributed by atoms with Gasteiger partial charge in [0.15, 0.2) is 5.82 Å². The van der Waals surface area contributed by atoms with Crippen LogP contribution < -0.4 is 0 Å². The molecule has 0 aliphatic heterocycles. The van der Waals surface area contributed by atoms with Gasteiger partial charge in [-0.3, -0.25) is 0 Å². The lowest BCUT2D eigenvalue weighted by atomic mass is 10.2. The number of hydrogen-bond donors (Lipinski definition) is 0. The number of fused-ring (bicyclic) bond motifs is 1. The zero-order chi connectivity index (χ0) is 12.7. The third-order valence-corrected chi connectivity index (χ3v) is 4.55. The molecule has 90 valence electrons. The summed E-state index contributed by atoms with van der Waals surface area (Å²) in [6.45, 7) is 0. The summed E-state index contributed by atoms with van der Waals surface area (Å²) < 4.78 is 1.03. The van der Waals surface area contributed by atoms with Crippen molar-refractivity contribution in [2.45, 2.75) is 0 Å². The molecule has 0 amide bonds. The van der Waals surface area contributed by atoms with E-state index in [2.05, 4.69) is 25.9 Å². The Balaban J connectivity index is 2.28. The normalized spacial score (nSPS) is 11.1. The van der Waals surface area contributed by atoms with Crippen LogP contribution in [0.1, 0.15) is 0 Å². The van der Waals surface area contributed by atoms with E-state index >= 15 is 0 Å². The van der Waals surface area contributed by atoms with Crippen LogP contribution in [0.15, 0.2) is 33.4 Å². The van der Waals surface area contributed by atoms with Gasteiger partial charge in [0, 0.05) is 10.9 Å². The van der Waals surface area contributed by atoms with Gasteiger partial charge in [-0.25, -0.2) is 9.97 Å². The summed E-state index contributed by atoms with van der Waals surface area (Å²) in [6, 6.07) is 7.47. The first-order valence-electron chi connectivity index (χ1n) is 5.01. The summed E-state index contributed by atoms with van der Waals surface area (Å²) in [5, 5.41) is 3.61. The van der Waals surface area contributed by atoms with E-state index in [0.717, 1.165) is 14.9 Å². The molecule has 0 atom stereocenters. The molecule has 0 aliphatic carbocycles. The van der Waals surface area contributed by atoms with Crippen molar-refractivity contribution in [3.05, 3.63) is 43.6 Å². The van der Waals surface area contributed by atoms with Gasteiger partial charge in [0.1, 0.15) is 5.15 Å². The summed E-state index contributed by atoms with van der Waals surface area (Å²) in [5.41, 5.74) is 1.69. The summed E-state index contributed by atoms with van der Waals surface area (Å²) in [4.78, 5) is 8.79. The Morgan fingerprint density at radius 3 is 2.72 bits per heavy atom. The van der Waals surface area contributed by atoms with E-state index in [9.17, 15) is 0 Å². The van der Waals surface area contributed by atoms with E-state index in [4.69, 9.17) is 23.2 Å². The zero-order valence-electron chi connectivity index (χ0n) is 8.82. The van der Waals surface area contributed by atoms with Gasteiger partial charge in [0.25, 0.3) is 0 Å². The predicted octanol–water partition coefficient (Wildman–Crippen LogP) is 5.43. The van der Waals surface area contributed by atoms with Crippen molar-refractivity contribution in [3.8, 4) is 11.4 Å². The molecule has 2 heterocycles. The lowest BCUT2D eigenvalue weighted by Crippen LogP contribution is -1.91. The molecule has 0 fully saturated rings. The monoisotopic (exact) mass is 358 g/mol. The Kier molecular flexibility index (Phi) is 3.28. The van der Waals surface area contributed by atoms with E-state index in [0.29, 0.717) is 21.4 Å². The van der Waals surface area contributed by atoms with Crippen molar-refractivity contribution in [2.75, 3.05) is 0 Å². The first-order valence-corrected chi connectivity index (χ1v) is 7.44. The van der Waals surface area contributed by atoms with Gasteiger partial charge >= 0.3 is 0 Å². The average Bonchev–Trinajstić information content (AvgIpc) is 2.75. The van der Waals surface area contributed by atoms with Crippen molar-refractivity contribution >= 4 is 61.4 Å². The lowest BCUT2D eigenvalue weighted by molar-refractivity contribution is 1.23. The Morgan fingerprint density at radius 2 is 2.00 bits per heavy atom. The van der Waals surface area contributed by atoms with Crippen LogP contribution in [0.4, 0.5) is 0 Å². The molecule has 18 heavy (non-hydrogen) atoms. The molecule has 1 aromatic carbocycles. The molecule has 0 N–H and O–H groups in total. The van der Waals surface area contributed by atoms with Gasteiger partial charge in [0.05, 0.1) is 19.7 Å². The molecule has 0 saturated carbocycles. The Labute approximate surface area is 126 Å². The first kappa shape index (κ1) is 12.4. The minimum atomic E-state index is 0.378. The lowest BCUT2D eigenvalue weighted by Gasteiger charge is -2.04. The number of thiophene rings is 1. The molecule has 0 bridgehead atoms. The molecular weight excluding hydrogens is 355 g/mol. The highest BCUT2D eigenvalue weighted by Crippen LogP contribution is 2.32. The molecule has 3 aromatic rings. The molecular formula is C12H5BrCl2N2S. The second-order valence-electron chi connectivity index (χ2n) is 3.61. The maximum atomic E-state index is 6.18. The molecule has 6 heteroatoms. The number of hydrogen-bond acceptors (Lipinski definition) is 3. The van der Waals surface area contributed by atoms with Crippen LogP contribution in [-0.2, 0) is 0 Å². The maximum Gasteiger partial charge on any atom is 0.162 e. The maximum absolute atomic E-state index is 6.18. The molecule has 3 rings (SSSR count). The Morgan fingerprint density at radius 1 is 1.17 bits per heavy atom. The Bertz CT molecular complexity index is 742. The van der Waals surface area contributed by atoms with Crippen molar-refractivity contribution in [1.82, 2.24) is 9.97 Å². The molecule has 0 spiro atoms. The van der Waals surface area contributed by atoms with E-state index in [-0.39, 0.29) is 0 Å². The van der Waals surface area contributed by atoms with Gasteiger partial charge in [-0.2, -0.15) is 0 Å². The topological polar surface area (TPSA) is 25.8 Å². The van der Waals surface area contributed by atoms with Gasteiger partial charge in [0.2, 0.25) is 0 Å². The number of rotatable bonds is 1. The highest BCUT2D eigenvalue weighted by molar-refractivity contribution is 9.11. The largest absolute Gasteiger partial charge is 0.228 e. The number of aromatic nitrogens is 2. The second-order valence-corrected chi connectivity index (χ2v) is 6.67. The van der Waals surface area contributed by atoms with E-state index in [1.165, 1.54) is 0 Å². The number of nitrogens with zero attached hydrogens (tertiary/aromatic N) is 2. The molecule has 2 aromatic heterocycles. The molecule has 0 unspecified atom stereocenters. The van der Waals surface area contributed by atoms with E-state index < -0.39 is 0 Å². The minimum absolute atomic E-state index is 0.378. The quantitative estimate of drug-likeness (QED) is 0.541. The highest BCUT2D eigenvalue weighted by Gasteiger charge is 2.11. The van der Waals surface area contributed by atoms with Crippen LogP contribution in [-0.4, -0.2) is 9.97 Å². The van der Waals surface area contributed by atoms with E-state index in [1.54, 1.807) is 17.4 Å². The van der Waals surface area contributed by atoms with Crippen LogP contribution in [0, 0.1) is 0 Å². The number of halogens is 3. The third-order valence-electron chi connectivity index (χ3n) is 2.45. The average molecular weight is 360 g/mol. The second kappa shape index (κ2) is 4.78. The Hall–Kier alpha value is -0.680. The van der Waals surface area contributed by atoms with Crippen LogP contribution in [0.25, 0.3) is 22.3 Å². The smallest absolute Gasteiger partial charge is 0.162 e. The molecule has 0 saturated heterocycles. The number of benzene rings is 1. The van der Waals surface area contributed by atoms with Crippen molar-refractivity contribution < 1.29 is 0 Å². The van der Waals surface area contributed by atoms with E-state index in [1.807, 2.05) is 23.6 Å². The van der Waals surface area contributed by atoms with Gasteiger partial charge in [-0.1, -0.05) is 29.3 Å². The van der Waals surface area contributed by atoms with Crippen LogP contribution >= 0.6 is 50.5 Å². The van der Waals surface area contributed by atoms with Gasteiger partial charge in [-0.05, 0) is 34.1 Å². The first-order chi connectivity index (χ1) is 8.65. The van der Waals surface area contributed by atoms with Crippen LogP contribution in [0.2, 0.25) is 10.2 Å².